The van der Waals surface area contributed by atoms with Crippen molar-refractivity contribution in [2.24, 2.45) is 5.92 Å². The first-order chi connectivity index (χ1) is 16.4. The summed E-state index contributed by atoms with van der Waals surface area (Å²) in [5.74, 6) is 0.608. The second-order valence-corrected chi connectivity index (χ2v) is 9.43. The highest BCUT2D eigenvalue weighted by atomic mass is 32.1. The number of hydrogen-bond acceptors (Lipinski definition) is 5. The number of anilines is 2. The second kappa shape index (κ2) is 8.87. The first kappa shape index (κ1) is 22.0. The molecule has 1 saturated heterocycles. The number of aromatic nitrogens is 3. The lowest BCUT2D eigenvalue weighted by Crippen LogP contribution is -2.29. The van der Waals surface area contributed by atoms with E-state index in [9.17, 15) is 9.59 Å². The lowest BCUT2D eigenvalue weighted by Gasteiger charge is -2.19. The van der Waals surface area contributed by atoms with Gasteiger partial charge in [-0.2, -0.15) is 0 Å². The Bertz CT molecular complexity index is 1370. The number of benzene rings is 2. The highest BCUT2D eigenvalue weighted by Crippen LogP contribution is 2.30. The Morgan fingerprint density at radius 3 is 2.62 bits per heavy atom. The predicted molar refractivity (Wildman–Crippen MR) is 134 cm³/mol. The van der Waals surface area contributed by atoms with Crippen LogP contribution in [-0.2, 0) is 9.59 Å². The zero-order chi connectivity index (χ0) is 23.8. The van der Waals surface area contributed by atoms with Crippen LogP contribution >= 0.6 is 11.3 Å². The van der Waals surface area contributed by atoms with Gasteiger partial charge in [-0.3, -0.25) is 14.2 Å². The van der Waals surface area contributed by atoms with Crippen LogP contribution < -0.4 is 10.2 Å². The Labute approximate surface area is 202 Å². The molecule has 1 aliphatic heterocycles. The molecule has 7 nitrogen and oxygen atoms in total. The van der Waals surface area contributed by atoms with Gasteiger partial charge >= 0.3 is 0 Å². The molecule has 0 radical (unpaired) electrons. The van der Waals surface area contributed by atoms with Crippen molar-refractivity contribution in [3.05, 3.63) is 77.1 Å². The zero-order valence-electron chi connectivity index (χ0n) is 19.3. The molecule has 34 heavy (non-hydrogen) atoms. The molecule has 3 heterocycles. The molecule has 4 aromatic rings. The summed E-state index contributed by atoms with van der Waals surface area (Å²) < 4.78 is 1.84. The van der Waals surface area contributed by atoms with Crippen LogP contribution in [-0.4, -0.2) is 32.9 Å². The van der Waals surface area contributed by atoms with Crippen molar-refractivity contribution in [1.29, 1.82) is 0 Å². The predicted octanol–water partition coefficient (Wildman–Crippen LogP) is 4.91. The summed E-state index contributed by atoms with van der Waals surface area (Å²) >= 11 is 1.49. The molecule has 2 aromatic carbocycles. The van der Waals surface area contributed by atoms with Crippen LogP contribution in [0.5, 0.6) is 0 Å². The van der Waals surface area contributed by atoms with Gasteiger partial charge in [0, 0.05) is 29.6 Å². The molecule has 2 aromatic heterocycles. The third kappa shape index (κ3) is 4.12. The molecule has 0 spiro atoms. The van der Waals surface area contributed by atoms with Gasteiger partial charge in [-0.1, -0.05) is 48.0 Å². The SMILES string of the molecule is Cc1ccc(-c2csc(-n3c(NC(=O)C4CC(=O)N(c5ccccc5C)C4)cnc3C)n2)cc1. The molecule has 1 N–H and O–H groups in total. The van der Waals surface area contributed by atoms with Crippen LogP contribution in [0.15, 0.2) is 60.1 Å². The maximum Gasteiger partial charge on any atom is 0.230 e. The smallest absolute Gasteiger partial charge is 0.230 e. The molecule has 0 aliphatic carbocycles. The summed E-state index contributed by atoms with van der Waals surface area (Å²) in [5, 5.41) is 5.71. The van der Waals surface area contributed by atoms with E-state index < -0.39 is 5.92 Å². The lowest BCUT2D eigenvalue weighted by atomic mass is 10.1. The summed E-state index contributed by atoms with van der Waals surface area (Å²) in [5.41, 5.74) is 4.98. The highest BCUT2D eigenvalue weighted by Gasteiger charge is 2.36. The van der Waals surface area contributed by atoms with E-state index in [0.29, 0.717) is 12.4 Å². The minimum absolute atomic E-state index is 0.0400. The van der Waals surface area contributed by atoms with Gasteiger partial charge in [0.05, 0.1) is 17.8 Å². The molecule has 1 fully saturated rings. The Kier molecular flexibility index (Phi) is 5.75. The van der Waals surface area contributed by atoms with Gasteiger partial charge in [0.15, 0.2) is 5.13 Å². The number of rotatable bonds is 5. The summed E-state index contributed by atoms with van der Waals surface area (Å²) in [6, 6.07) is 16.0. The van der Waals surface area contributed by atoms with Crippen molar-refractivity contribution in [2.45, 2.75) is 27.2 Å². The van der Waals surface area contributed by atoms with Crippen LogP contribution in [0.2, 0.25) is 0 Å². The number of thiazole rings is 1. The van der Waals surface area contributed by atoms with Gasteiger partial charge in [0.2, 0.25) is 11.8 Å². The summed E-state index contributed by atoms with van der Waals surface area (Å²) in [6.07, 6.45) is 1.82. The number of imidazole rings is 1. The maximum absolute atomic E-state index is 13.1. The number of amides is 2. The number of nitrogens with zero attached hydrogens (tertiary/aromatic N) is 4. The number of carbonyl (C=O) groups excluding carboxylic acids is 2. The fraction of sp³-hybridized carbons (Fsp3) is 0.231. The first-order valence-corrected chi connectivity index (χ1v) is 12.0. The Morgan fingerprint density at radius 1 is 1.09 bits per heavy atom. The normalized spacial score (nSPS) is 15.7. The minimum Gasteiger partial charge on any atom is -0.311 e. The van der Waals surface area contributed by atoms with E-state index in [0.717, 1.165) is 33.5 Å². The number of aryl methyl sites for hydroxylation is 3. The monoisotopic (exact) mass is 471 g/mol. The standard InChI is InChI=1S/C26H25N5O2S/c1-16-8-10-19(11-9-16)21-15-34-26(28-21)31-18(3)27-13-23(31)29-25(33)20-12-24(32)30(14-20)22-7-5-4-6-17(22)2/h4-11,13,15,20H,12,14H2,1-3H3,(H,29,33). The lowest BCUT2D eigenvalue weighted by molar-refractivity contribution is -0.122. The van der Waals surface area contributed by atoms with Crippen molar-refractivity contribution in [2.75, 3.05) is 16.8 Å². The molecule has 1 aliphatic rings. The van der Waals surface area contributed by atoms with Crippen LogP contribution in [0.3, 0.4) is 0 Å². The topological polar surface area (TPSA) is 80.1 Å². The minimum atomic E-state index is -0.435. The number of para-hydroxylation sites is 1. The van der Waals surface area contributed by atoms with E-state index in [4.69, 9.17) is 4.98 Å². The van der Waals surface area contributed by atoms with Gasteiger partial charge in [-0.25, -0.2) is 9.97 Å². The quantitative estimate of drug-likeness (QED) is 0.448. The van der Waals surface area contributed by atoms with Crippen LogP contribution in [0.25, 0.3) is 16.4 Å². The Morgan fingerprint density at radius 2 is 1.85 bits per heavy atom. The largest absolute Gasteiger partial charge is 0.311 e. The van der Waals surface area contributed by atoms with Gasteiger partial charge in [0.1, 0.15) is 11.6 Å². The van der Waals surface area contributed by atoms with Crippen molar-refractivity contribution in [3.63, 3.8) is 0 Å². The van der Waals surface area contributed by atoms with Crippen molar-refractivity contribution in [1.82, 2.24) is 14.5 Å². The molecule has 2 amide bonds. The highest BCUT2D eigenvalue weighted by molar-refractivity contribution is 7.12. The van der Waals surface area contributed by atoms with E-state index in [1.165, 1.54) is 16.9 Å². The van der Waals surface area contributed by atoms with Crippen molar-refractivity contribution in [3.8, 4) is 16.4 Å². The molecule has 1 atom stereocenters. The van der Waals surface area contributed by atoms with E-state index in [1.807, 2.05) is 48.1 Å². The van der Waals surface area contributed by atoms with Crippen LogP contribution in [0.1, 0.15) is 23.4 Å². The molecule has 5 rings (SSSR count). The molecule has 0 bridgehead atoms. The molecule has 8 heteroatoms. The van der Waals surface area contributed by atoms with E-state index >= 15 is 0 Å². The van der Waals surface area contributed by atoms with Gasteiger partial charge < -0.3 is 10.2 Å². The molecule has 1 unspecified atom stereocenters. The molecule has 0 saturated carbocycles. The Hall–Kier alpha value is -3.78. The number of nitrogens with one attached hydrogen (secondary N) is 1. The zero-order valence-corrected chi connectivity index (χ0v) is 20.1. The van der Waals surface area contributed by atoms with Crippen molar-refractivity contribution >= 4 is 34.7 Å². The average Bonchev–Trinajstić information content (AvgIpc) is 3.54. The van der Waals surface area contributed by atoms with E-state index in [1.54, 1.807) is 11.1 Å². The fourth-order valence-corrected chi connectivity index (χ4v) is 5.10. The van der Waals surface area contributed by atoms with Gasteiger partial charge in [-0.05, 0) is 32.4 Å². The summed E-state index contributed by atoms with van der Waals surface area (Å²) in [6.45, 7) is 6.26. The molecular weight excluding hydrogens is 446 g/mol. The molecular formula is C26H25N5O2S. The van der Waals surface area contributed by atoms with E-state index in [-0.39, 0.29) is 18.2 Å². The third-order valence-corrected chi connectivity index (χ3v) is 6.95. The summed E-state index contributed by atoms with van der Waals surface area (Å²) in [4.78, 5) is 36.7. The molecule has 172 valence electrons. The van der Waals surface area contributed by atoms with E-state index in [2.05, 4.69) is 41.5 Å². The Balaban J connectivity index is 1.35. The van der Waals surface area contributed by atoms with Gasteiger partial charge in [-0.15, -0.1) is 11.3 Å². The fourth-order valence-electron chi connectivity index (χ4n) is 4.21. The third-order valence-electron chi connectivity index (χ3n) is 6.12. The average molecular weight is 472 g/mol. The van der Waals surface area contributed by atoms with Crippen LogP contribution in [0.4, 0.5) is 11.5 Å². The number of hydrogen-bond donors (Lipinski definition) is 1. The second-order valence-electron chi connectivity index (χ2n) is 8.59. The van der Waals surface area contributed by atoms with Crippen LogP contribution in [0, 0.1) is 26.7 Å². The number of carbonyl (C=O) groups is 2. The van der Waals surface area contributed by atoms with Gasteiger partial charge in [0.25, 0.3) is 0 Å². The first-order valence-electron chi connectivity index (χ1n) is 11.1. The summed E-state index contributed by atoms with van der Waals surface area (Å²) in [7, 11) is 0. The van der Waals surface area contributed by atoms with Crippen molar-refractivity contribution < 1.29 is 9.59 Å². The maximum atomic E-state index is 13.1.